The Labute approximate surface area is 184 Å². The van der Waals surface area contributed by atoms with Crippen molar-refractivity contribution in [1.29, 1.82) is 0 Å². The summed E-state index contributed by atoms with van der Waals surface area (Å²) in [6.45, 7) is 3.82. The van der Waals surface area contributed by atoms with Gasteiger partial charge in [0.15, 0.2) is 5.65 Å². The largest absolute Gasteiger partial charge is 0.465 e. The van der Waals surface area contributed by atoms with Gasteiger partial charge in [-0.15, -0.1) is 0 Å². The number of fused-ring (bicyclic) bond motifs is 2. The average molecular weight is 436 g/mol. The molecule has 1 aliphatic rings. The van der Waals surface area contributed by atoms with Crippen molar-refractivity contribution in [3.8, 4) is 11.1 Å². The minimum absolute atomic E-state index is 0.0327. The first kappa shape index (κ1) is 20.6. The number of aromatic nitrogens is 5. The molecule has 1 aromatic carbocycles. The lowest BCUT2D eigenvalue weighted by Gasteiger charge is -2.21. The van der Waals surface area contributed by atoms with E-state index in [9.17, 15) is 4.79 Å². The van der Waals surface area contributed by atoms with Crippen molar-refractivity contribution in [3.63, 3.8) is 0 Å². The van der Waals surface area contributed by atoms with Crippen LogP contribution in [-0.2, 0) is 23.1 Å². The van der Waals surface area contributed by atoms with E-state index in [1.54, 1.807) is 28.7 Å². The Morgan fingerprint density at radius 3 is 2.88 bits per heavy atom. The van der Waals surface area contributed by atoms with Crippen LogP contribution >= 0.6 is 0 Å². The molecule has 166 valence electrons. The molecule has 1 saturated heterocycles. The zero-order valence-electron chi connectivity index (χ0n) is 18.1. The molecule has 9 heteroatoms. The van der Waals surface area contributed by atoms with Crippen molar-refractivity contribution in [3.05, 3.63) is 42.1 Å². The fraction of sp³-hybridized carbons (Fsp3) is 0.391. The number of carbonyl (C=O) groups excluding carboxylic acids is 1. The summed E-state index contributed by atoms with van der Waals surface area (Å²) in [5.74, 6) is -0.496. The fourth-order valence-electron chi connectivity index (χ4n) is 4.55. The first-order chi connectivity index (χ1) is 15.6. The number of benzene rings is 1. The van der Waals surface area contributed by atoms with Gasteiger partial charge in [-0.2, -0.15) is 10.2 Å². The van der Waals surface area contributed by atoms with Crippen molar-refractivity contribution < 1.29 is 13.9 Å². The van der Waals surface area contributed by atoms with Gasteiger partial charge in [0, 0.05) is 30.1 Å². The molecule has 0 saturated carbocycles. The number of nitrogens with one attached hydrogen (secondary N) is 1. The van der Waals surface area contributed by atoms with Crippen LogP contribution in [0.15, 0.2) is 30.6 Å². The monoisotopic (exact) mass is 436 g/mol. The average Bonchev–Trinajstić information content (AvgIpc) is 3.34. The highest BCUT2D eigenvalue weighted by Gasteiger charge is 2.26. The lowest BCUT2D eigenvalue weighted by Crippen LogP contribution is -2.27. The van der Waals surface area contributed by atoms with Gasteiger partial charge < -0.3 is 10.1 Å². The minimum atomic E-state index is -0.372. The van der Waals surface area contributed by atoms with E-state index in [0.717, 1.165) is 53.5 Å². The molecule has 5 rings (SSSR count). The van der Waals surface area contributed by atoms with E-state index in [1.807, 2.05) is 19.2 Å². The van der Waals surface area contributed by atoms with Gasteiger partial charge in [-0.1, -0.05) is 0 Å². The second-order valence-corrected chi connectivity index (χ2v) is 8.09. The van der Waals surface area contributed by atoms with E-state index < -0.39 is 0 Å². The van der Waals surface area contributed by atoms with Gasteiger partial charge in [0.2, 0.25) is 0 Å². The summed E-state index contributed by atoms with van der Waals surface area (Å²) in [5.41, 5.74) is 3.46. The van der Waals surface area contributed by atoms with Crippen molar-refractivity contribution >= 4 is 27.9 Å². The maximum atomic E-state index is 15.3. The summed E-state index contributed by atoms with van der Waals surface area (Å²) >= 11 is 0. The smallest absolute Gasteiger partial charge is 0.327 e. The molecule has 0 aliphatic carbocycles. The summed E-state index contributed by atoms with van der Waals surface area (Å²) in [4.78, 5) is 16.7. The van der Waals surface area contributed by atoms with Crippen molar-refractivity contribution in [2.45, 2.75) is 32.2 Å². The molecule has 1 aliphatic heterocycles. The molecule has 0 radical (unpaired) electrons. The van der Waals surface area contributed by atoms with Crippen LogP contribution in [-0.4, -0.2) is 50.2 Å². The molecular weight excluding hydrogens is 411 g/mol. The third-order valence-electron chi connectivity index (χ3n) is 6.10. The van der Waals surface area contributed by atoms with Crippen LogP contribution in [0.3, 0.4) is 0 Å². The summed E-state index contributed by atoms with van der Waals surface area (Å²) in [7, 11) is 1.84. The summed E-state index contributed by atoms with van der Waals surface area (Å²) in [6.07, 6.45) is 5.13. The van der Waals surface area contributed by atoms with E-state index in [1.165, 1.54) is 6.07 Å². The summed E-state index contributed by atoms with van der Waals surface area (Å²) in [5, 5.41) is 14.0. The third kappa shape index (κ3) is 3.52. The van der Waals surface area contributed by atoms with Crippen LogP contribution in [0.25, 0.3) is 33.1 Å². The standard InChI is InChI=1S/C23H25FN6O2/c1-3-32-20(31)13-30-23-21(22(28-30)14-4-7-25-8-5-14)16(6-9-26-23)17-11-19-15(10-18(17)24)12-27-29(19)2/h6,9-12,14,25H,3-5,7-8,13H2,1-2H3. The maximum absolute atomic E-state index is 15.3. The van der Waals surface area contributed by atoms with E-state index in [2.05, 4.69) is 15.4 Å². The Morgan fingerprint density at radius 1 is 1.28 bits per heavy atom. The number of pyridine rings is 1. The summed E-state index contributed by atoms with van der Waals surface area (Å²) < 4.78 is 23.7. The van der Waals surface area contributed by atoms with Crippen molar-refractivity contribution in [1.82, 2.24) is 29.9 Å². The van der Waals surface area contributed by atoms with Gasteiger partial charge in [-0.3, -0.25) is 9.48 Å². The van der Waals surface area contributed by atoms with E-state index in [4.69, 9.17) is 9.84 Å². The molecule has 1 fully saturated rings. The Kier molecular flexibility index (Phi) is 5.34. The van der Waals surface area contributed by atoms with Crippen LogP contribution in [0.1, 0.15) is 31.4 Å². The number of esters is 1. The predicted octanol–water partition coefficient (Wildman–Crippen LogP) is 3.15. The predicted molar refractivity (Wildman–Crippen MR) is 119 cm³/mol. The molecule has 1 N–H and O–H groups in total. The number of rotatable bonds is 5. The SMILES string of the molecule is CCOC(=O)Cn1nc(C2CCNCC2)c2c(-c3cc4c(cnn4C)cc3F)ccnc21. The van der Waals surface area contributed by atoms with Gasteiger partial charge in [-0.05, 0) is 56.6 Å². The normalized spacial score (nSPS) is 15.0. The van der Waals surface area contributed by atoms with Gasteiger partial charge >= 0.3 is 5.97 Å². The van der Waals surface area contributed by atoms with E-state index in [0.29, 0.717) is 17.8 Å². The van der Waals surface area contributed by atoms with Gasteiger partial charge in [0.25, 0.3) is 0 Å². The Balaban J connectivity index is 1.73. The van der Waals surface area contributed by atoms with Gasteiger partial charge in [0.1, 0.15) is 12.4 Å². The molecule has 8 nitrogen and oxygen atoms in total. The number of hydrogen-bond acceptors (Lipinski definition) is 6. The quantitative estimate of drug-likeness (QED) is 0.484. The van der Waals surface area contributed by atoms with Gasteiger partial charge in [-0.25, -0.2) is 14.1 Å². The number of carbonyl (C=O) groups is 1. The first-order valence-corrected chi connectivity index (χ1v) is 10.9. The lowest BCUT2D eigenvalue weighted by atomic mass is 9.90. The molecule has 0 spiro atoms. The van der Waals surface area contributed by atoms with Crippen LogP contribution in [0.5, 0.6) is 0 Å². The molecule has 0 atom stereocenters. The number of aryl methyl sites for hydroxylation is 1. The lowest BCUT2D eigenvalue weighted by molar-refractivity contribution is -0.143. The van der Waals surface area contributed by atoms with Crippen molar-refractivity contribution in [2.24, 2.45) is 7.05 Å². The molecule has 0 unspecified atom stereocenters. The first-order valence-electron chi connectivity index (χ1n) is 10.9. The zero-order chi connectivity index (χ0) is 22.2. The molecule has 4 aromatic rings. The Hall–Kier alpha value is -3.33. The molecule has 3 aromatic heterocycles. The van der Waals surface area contributed by atoms with Crippen molar-refractivity contribution in [2.75, 3.05) is 19.7 Å². The van der Waals surface area contributed by atoms with Crippen LogP contribution in [0.2, 0.25) is 0 Å². The highest BCUT2D eigenvalue weighted by atomic mass is 19.1. The molecule has 4 heterocycles. The number of hydrogen-bond donors (Lipinski definition) is 1. The van der Waals surface area contributed by atoms with Crippen LogP contribution in [0, 0.1) is 5.82 Å². The second-order valence-electron chi connectivity index (χ2n) is 8.09. The maximum Gasteiger partial charge on any atom is 0.327 e. The molecule has 0 amide bonds. The highest BCUT2D eigenvalue weighted by Crippen LogP contribution is 2.38. The topological polar surface area (TPSA) is 86.9 Å². The van der Waals surface area contributed by atoms with E-state index in [-0.39, 0.29) is 24.2 Å². The number of halogens is 1. The Bertz CT molecular complexity index is 1310. The highest BCUT2D eigenvalue weighted by molar-refractivity contribution is 5.98. The van der Waals surface area contributed by atoms with Crippen LogP contribution < -0.4 is 5.32 Å². The fourth-order valence-corrected chi connectivity index (χ4v) is 4.55. The zero-order valence-corrected chi connectivity index (χ0v) is 18.1. The molecule has 0 bridgehead atoms. The Morgan fingerprint density at radius 2 is 2.09 bits per heavy atom. The van der Waals surface area contributed by atoms with Crippen LogP contribution in [0.4, 0.5) is 4.39 Å². The van der Waals surface area contributed by atoms with Gasteiger partial charge in [0.05, 0.1) is 29.4 Å². The minimum Gasteiger partial charge on any atom is -0.465 e. The summed E-state index contributed by atoms with van der Waals surface area (Å²) in [6, 6.07) is 5.16. The third-order valence-corrected chi connectivity index (χ3v) is 6.10. The molecule has 32 heavy (non-hydrogen) atoms. The number of piperidine rings is 1. The molecular formula is C23H25FN6O2. The van der Waals surface area contributed by atoms with E-state index >= 15 is 4.39 Å². The second kappa shape index (κ2) is 8.31. The number of nitrogens with zero attached hydrogens (tertiary/aromatic N) is 5. The number of ether oxygens (including phenoxy) is 1.